The van der Waals surface area contributed by atoms with Crippen LogP contribution in [0.25, 0.3) is 0 Å². The Hall–Kier alpha value is -2.12. The van der Waals surface area contributed by atoms with E-state index in [1.807, 2.05) is 19.2 Å². The Kier molecular flexibility index (Phi) is 8.14. The molecule has 2 fully saturated rings. The molecule has 1 N–H and O–H groups in total. The first-order valence-electron chi connectivity index (χ1n) is 13.0. The van der Waals surface area contributed by atoms with Crippen LogP contribution in [-0.4, -0.2) is 74.2 Å². The second kappa shape index (κ2) is 11.1. The minimum Gasteiger partial charge on any atom is -0.491 e. The number of hydrogen-bond donors (Lipinski definition) is 1. The number of carbonyl (C=O) groups excluding carboxylic acids is 2. The number of nitrogens with zero attached hydrogens (tertiary/aromatic N) is 2. The van der Waals surface area contributed by atoms with Crippen LogP contribution in [0.2, 0.25) is 0 Å². The fraction of sp³-hybridized carbons (Fsp3) is 0.704. The number of nitrogens with one attached hydrogen (secondary N) is 1. The van der Waals surface area contributed by atoms with Gasteiger partial charge in [0, 0.05) is 57.5 Å². The third kappa shape index (κ3) is 6.11. The standard InChI is InChI=1S/C27H41N3O4/c1-18-14-30(15-20-9-10-20)19(2)17-34-24-13-22(28-26(31)21-7-5-6-8-21)11-12-23(24)27(32)29(3)16-25(18)33-4/h11-13,18-21,25H,5-10,14-17H2,1-4H3,(H,28,31)/t18-,19+,25-/m1/s1. The number of anilines is 1. The predicted molar refractivity (Wildman–Crippen MR) is 133 cm³/mol. The van der Waals surface area contributed by atoms with Crippen LogP contribution < -0.4 is 10.1 Å². The van der Waals surface area contributed by atoms with Crippen LogP contribution in [0.15, 0.2) is 18.2 Å². The molecule has 0 bridgehead atoms. The molecule has 7 heteroatoms. The first kappa shape index (κ1) is 25.0. The Labute approximate surface area is 204 Å². The zero-order chi connectivity index (χ0) is 24.2. The smallest absolute Gasteiger partial charge is 0.257 e. The van der Waals surface area contributed by atoms with E-state index in [1.165, 1.54) is 12.8 Å². The van der Waals surface area contributed by atoms with E-state index in [2.05, 4.69) is 24.1 Å². The lowest BCUT2D eigenvalue weighted by atomic mass is 10.0. The van der Waals surface area contributed by atoms with E-state index < -0.39 is 0 Å². The lowest BCUT2D eigenvalue weighted by Crippen LogP contribution is -2.47. The summed E-state index contributed by atoms with van der Waals surface area (Å²) < 4.78 is 12.1. The fourth-order valence-corrected chi connectivity index (χ4v) is 5.24. The Bertz CT molecular complexity index is 865. The first-order valence-corrected chi connectivity index (χ1v) is 13.0. The highest BCUT2D eigenvalue weighted by Gasteiger charge is 2.32. The van der Waals surface area contributed by atoms with Crippen molar-refractivity contribution in [1.29, 1.82) is 0 Å². The summed E-state index contributed by atoms with van der Waals surface area (Å²) in [6.07, 6.45) is 6.68. The van der Waals surface area contributed by atoms with Crippen molar-refractivity contribution < 1.29 is 19.1 Å². The molecule has 34 heavy (non-hydrogen) atoms. The summed E-state index contributed by atoms with van der Waals surface area (Å²) in [6.45, 7) is 7.39. The maximum atomic E-state index is 13.4. The van der Waals surface area contributed by atoms with Gasteiger partial charge in [-0.3, -0.25) is 14.5 Å². The second-order valence-corrected chi connectivity index (χ2v) is 10.7. The summed E-state index contributed by atoms with van der Waals surface area (Å²) in [4.78, 5) is 30.3. The molecule has 1 aliphatic heterocycles. The molecule has 3 aliphatic rings. The Morgan fingerprint density at radius 2 is 1.88 bits per heavy atom. The van der Waals surface area contributed by atoms with Gasteiger partial charge in [-0.15, -0.1) is 0 Å². The van der Waals surface area contributed by atoms with Gasteiger partial charge < -0.3 is 19.7 Å². The molecule has 1 aromatic rings. The third-order valence-corrected chi connectivity index (χ3v) is 7.76. The van der Waals surface area contributed by atoms with Crippen molar-refractivity contribution in [2.45, 2.75) is 64.5 Å². The summed E-state index contributed by atoms with van der Waals surface area (Å²) in [5.41, 5.74) is 1.20. The third-order valence-electron chi connectivity index (χ3n) is 7.76. The van der Waals surface area contributed by atoms with Crippen molar-refractivity contribution in [2.75, 3.05) is 45.7 Å². The van der Waals surface area contributed by atoms with Crippen molar-refractivity contribution >= 4 is 17.5 Å². The van der Waals surface area contributed by atoms with E-state index >= 15 is 0 Å². The number of fused-ring (bicyclic) bond motifs is 1. The van der Waals surface area contributed by atoms with Gasteiger partial charge in [0.15, 0.2) is 0 Å². The highest BCUT2D eigenvalue weighted by molar-refractivity contribution is 5.98. The molecule has 1 heterocycles. The molecule has 2 amide bonds. The molecule has 7 nitrogen and oxygen atoms in total. The molecule has 0 saturated heterocycles. The number of amides is 2. The van der Waals surface area contributed by atoms with Crippen LogP contribution in [0.4, 0.5) is 5.69 Å². The van der Waals surface area contributed by atoms with Gasteiger partial charge in [-0.25, -0.2) is 0 Å². The van der Waals surface area contributed by atoms with Crippen molar-refractivity contribution in [3.05, 3.63) is 23.8 Å². The largest absolute Gasteiger partial charge is 0.491 e. The minimum atomic E-state index is -0.0963. The average molecular weight is 472 g/mol. The lowest BCUT2D eigenvalue weighted by Gasteiger charge is -2.36. The van der Waals surface area contributed by atoms with Crippen molar-refractivity contribution in [3.8, 4) is 5.75 Å². The minimum absolute atomic E-state index is 0.0448. The summed E-state index contributed by atoms with van der Waals surface area (Å²) in [5.74, 6) is 1.64. The Balaban J connectivity index is 1.58. The van der Waals surface area contributed by atoms with Crippen molar-refractivity contribution in [1.82, 2.24) is 9.80 Å². The molecule has 1 aromatic carbocycles. The van der Waals surface area contributed by atoms with Crippen LogP contribution in [-0.2, 0) is 9.53 Å². The topological polar surface area (TPSA) is 71.1 Å². The number of hydrogen-bond acceptors (Lipinski definition) is 5. The quantitative estimate of drug-likeness (QED) is 0.702. The maximum absolute atomic E-state index is 13.4. The van der Waals surface area contributed by atoms with Gasteiger partial charge in [0.1, 0.15) is 12.4 Å². The summed E-state index contributed by atoms with van der Waals surface area (Å²) >= 11 is 0. The van der Waals surface area contributed by atoms with E-state index in [0.717, 1.165) is 44.7 Å². The molecule has 2 saturated carbocycles. The van der Waals surface area contributed by atoms with Crippen molar-refractivity contribution in [2.24, 2.45) is 17.8 Å². The Morgan fingerprint density at radius 3 is 2.56 bits per heavy atom. The van der Waals surface area contributed by atoms with Crippen LogP contribution >= 0.6 is 0 Å². The first-order chi connectivity index (χ1) is 16.4. The molecule has 4 rings (SSSR count). The molecule has 0 spiro atoms. The number of benzene rings is 1. The van der Waals surface area contributed by atoms with Gasteiger partial charge in [-0.1, -0.05) is 19.8 Å². The van der Waals surface area contributed by atoms with Gasteiger partial charge in [-0.05, 0) is 56.6 Å². The average Bonchev–Trinajstić information content (AvgIpc) is 3.47. The van der Waals surface area contributed by atoms with Crippen LogP contribution in [0, 0.1) is 17.8 Å². The summed E-state index contributed by atoms with van der Waals surface area (Å²) in [5, 5.41) is 3.05. The van der Waals surface area contributed by atoms with Crippen LogP contribution in [0.1, 0.15) is 62.7 Å². The molecule has 2 aliphatic carbocycles. The molecule has 188 valence electrons. The number of methoxy groups -OCH3 is 1. The highest BCUT2D eigenvalue weighted by atomic mass is 16.5. The van der Waals surface area contributed by atoms with E-state index in [1.54, 1.807) is 18.1 Å². The maximum Gasteiger partial charge on any atom is 0.257 e. The molecule has 3 atom stereocenters. The van der Waals surface area contributed by atoms with E-state index in [-0.39, 0.29) is 35.8 Å². The van der Waals surface area contributed by atoms with Crippen LogP contribution in [0.5, 0.6) is 5.75 Å². The van der Waals surface area contributed by atoms with E-state index in [0.29, 0.717) is 30.2 Å². The van der Waals surface area contributed by atoms with E-state index in [9.17, 15) is 9.59 Å². The zero-order valence-electron chi connectivity index (χ0n) is 21.2. The second-order valence-electron chi connectivity index (χ2n) is 10.7. The van der Waals surface area contributed by atoms with Crippen molar-refractivity contribution in [3.63, 3.8) is 0 Å². The summed E-state index contributed by atoms with van der Waals surface area (Å²) in [7, 11) is 3.55. The number of rotatable bonds is 5. The van der Waals surface area contributed by atoms with E-state index in [4.69, 9.17) is 9.47 Å². The molecule has 0 radical (unpaired) electrons. The van der Waals surface area contributed by atoms with Gasteiger partial charge >= 0.3 is 0 Å². The predicted octanol–water partition coefficient (Wildman–Crippen LogP) is 4.03. The van der Waals surface area contributed by atoms with Gasteiger partial charge in [0.05, 0.1) is 11.7 Å². The SMILES string of the molecule is CO[C@@H]1CN(C)C(=O)c2ccc(NC(=O)C3CCCC3)cc2OC[C@H](C)N(CC2CC2)C[C@H]1C. The molecule has 0 unspecified atom stereocenters. The number of carbonyl (C=O) groups is 2. The molecular formula is C27H41N3O4. The molecule has 0 aromatic heterocycles. The monoisotopic (exact) mass is 471 g/mol. The zero-order valence-corrected chi connectivity index (χ0v) is 21.2. The van der Waals surface area contributed by atoms with Gasteiger partial charge in [0.25, 0.3) is 5.91 Å². The normalized spacial score (nSPS) is 27.5. The number of likely N-dealkylation sites (N-methyl/N-ethyl adjacent to an activating group) is 1. The summed E-state index contributed by atoms with van der Waals surface area (Å²) in [6, 6.07) is 5.61. The van der Waals surface area contributed by atoms with Crippen LogP contribution in [0.3, 0.4) is 0 Å². The lowest BCUT2D eigenvalue weighted by molar-refractivity contribution is -0.119. The number of ether oxygens (including phenoxy) is 2. The Morgan fingerprint density at radius 1 is 1.15 bits per heavy atom. The fourth-order valence-electron chi connectivity index (χ4n) is 5.24. The van der Waals surface area contributed by atoms with Gasteiger partial charge in [0.2, 0.25) is 5.91 Å². The molecular weight excluding hydrogens is 430 g/mol. The van der Waals surface area contributed by atoms with Gasteiger partial charge in [-0.2, -0.15) is 0 Å². The highest BCUT2D eigenvalue weighted by Crippen LogP contribution is 2.32.